The monoisotopic (exact) mass is 227 g/mol. The second-order valence-electron chi connectivity index (χ2n) is 4.33. The van der Waals surface area contributed by atoms with Gasteiger partial charge < -0.3 is 9.88 Å². The predicted molar refractivity (Wildman–Crippen MR) is 69.9 cm³/mol. The molecule has 0 fully saturated rings. The van der Waals surface area contributed by atoms with E-state index in [1.165, 1.54) is 10.9 Å². The Morgan fingerprint density at radius 2 is 2.24 bits per heavy atom. The van der Waals surface area contributed by atoms with Gasteiger partial charge in [-0.25, -0.2) is 0 Å². The molecule has 1 N–H and O–H groups in total. The predicted octanol–water partition coefficient (Wildman–Crippen LogP) is 2.53. The topological polar surface area (TPSA) is 42.8 Å². The van der Waals surface area contributed by atoms with Crippen molar-refractivity contribution in [3.05, 3.63) is 35.5 Å². The molecule has 0 atom stereocenters. The van der Waals surface area contributed by atoms with Gasteiger partial charge in [0.1, 0.15) is 0 Å². The summed E-state index contributed by atoms with van der Waals surface area (Å²) >= 11 is 0. The van der Waals surface area contributed by atoms with E-state index in [0.717, 1.165) is 25.0 Å². The number of rotatable bonds is 4. The quantitative estimate of drug-likeness (QED) is 0.872. The highest BCUT2D eigenvalue weighted by Crippen LogP contribution is 2.20. The molecule has 0 bridgehead atoms. The van der Waals surface area contributed by atoms with Crippen molar-refractivity contribution in [1.29, 1.82) is 5.26 Å². The molecule has 3 heteroatoms. The molecule has 0 aliphatic rings. The lowest BCUT2D eigenvalue weighted by molar-refractivity contribution is 0.358. The number of H-pyrrole nitrogens is 1. The van der Waals surface area contributed by atoms with Gasteiger partial charge in [-0.05, 0) is 37.7 Å². The molecule has 3 nitrogen and oxygen atoms in total. The molecule has 1 aromatic heterocycles. The van der Waals surface area contributed by atoms with E-state index in [1.807, 2.05) is 18.2 Å². The van der Waals surface area contributed by atoms with Gasteiger partial charge in [0.25, 0.3) is 0 Å². The Kier molecular flexibility index (Phi) is 3.46. The minimum atomic E-state index is 0.705. The highest BCUT2D eigenvalue weighted by Gasteiger charge is 2.05. The average Bonchev–Trinajstić information content (AvgIpc) is 2.77. The van der Waals surface area contributed by atoms with Crippen LogP contribution in [0.5, 0.6) is 0 Å². The van der Waals surface area contributed by atoms with Crippen LogP contribution in [0.2, 0.25) is 0 Å². The minimum Gasteiger partial charge on any atom is -0.361 e. The maximum absolute atomic E-state index is 8.84. The van der Waals surface area contributed by atoms with E-state index in [1.54, 1.807) is 0 Å². The number of nitrogens with zero attached hydrogens (tertiary/aromatic N) is 2. The Hall–Kier alpha value is -1.79. The molecule has 0 spiro atoms. The molecule has 0 aliphatic heterocycles. The van der Waals surface area contributed by atoms with Gasteiger partial charge in [-0.1, -0.05) is 13.0 Å². The molecule has 0 aliphatic carbocycles. The minimum absolute atomic E-state index is 0.705. The second-order valence-corrected chi connectivity index (χ2v) is 4.33. The highest BCUT2D eigenvalue weighted by atomic mass is 15.1. The summed E-state index contributed by atoms with van der Waals surface area (Å²) in [4.78, 5) is 5.53. The molecule has 0 saturated carbocycles. The SMILES string of the molecule is CCN(C)CCc1c[nH]c2cc(C#N)ccc12. The van der Waals surface area contributed by atoms with Gasteiger partial charge in [-0.15, -0.1) is 0 Å². The van der Waals surface area contributed by atoms with Crippen molar-refractivity contribution in [3.63, 3.8) is 0 Å². The van der Waals surface area contributed by atoms with Crippen LogP contribution in [0.4, 0.5) is 0 Å². The van der Waals surface area contributed by atoms with Crippen LogP contribution in [0.25, 0.3) is 10.9 Å². The Morgan fingerprint density at radius 1 is 1.41 bits per heavy atom. The first kappa shape index (κ1) is 11.7. The maximum Gasteiger partial charge on any atom is 0.0992 e. The molecule has 88 valence electrons. The lowest BCUT2D eigenvalue weighted by Gasteiger charge is -2.12. The number of hydrogen-bond donors (Lipinski definition) is 1. The van der Waals surface area contributed by atoms with Crippen molar-refractivity contribution in [1.82, 2.24) is 9.88 Å². The van der Waals surface area contributed by atoms with Crippen LogP contribution >= 0.6 is 0 Å². The van der Waals surface area contributed by atoms with E-state index in [9.17, 15) is 0 Å². The standard InChI is InChI=1S/C14H17N3/c1-3-17(2)7-6-12-10-16-14-8-11(9-15)4-5-13(12)14/h4-5,8,10,16H,3,6-7H2,1-2H3. The number of nitrogens with one attached hydrogen (secondary N) is 1. The van der Waals surface area contributed by atoms with Gasteiger partial charge in [0.2, 0.25) is 0 Å². The normalized spacial score (nSPS) is 10.9. The van der Waals surface area contributed by atoms with Gasteiger partial charge in [-0.2, -0.15) is 5.26 Å². The number of fused-ring (bicyclic) bond motifs is 1. The highest BCUT2D eigenvalue weighted by molar-refractivity contribution is 5.84. The fraction of sp³-hybridized carbons (Fsp3) is 0.357. The summed E-state index contributed by atoms with van der Waals surface area (Å²) in [6, 6.07) is 7.98. The lowest BCUT2D eigenvalue weighted by Crippen LogP contribution is -2.20. The van der Waals surface area contributed by atoms with E-state index in [4.69, 9.17) is 5.26 Å². The smallest absolute Gasteiger partial charge is 0.0992 e. The third kappa shape index (κ3) is 2.48. The Bertz CT molecular complexity index is 548. The zero-order valence-electron chi connectivity index (χ0n) is 10.3. The van der Waals surface area contributed by atoms with Crippen molar-refractivity contribution in [3.8, 4) is 6.07 Å². The van der Waals surface area contributed by atoms with Crippen LogP contribution in [-0.4, -0.2) is 30.0 Å². The number of hydrogen-bond acceptors (Lipinski definition) is 2. The zero-order chi connectivity index (χ0) is 12.3. The van der Waals surface area contributed by atoms with Crippen LogP contribution in [-0.2, 0) is 6.42 Å². The van der Waals surface area contributed by atoms with Crippen molar-refractivity contribution in [2.24, 2.45) is 0 Å². The summed E-state index contributed by atoms with van der Waals surface area (Å²) < 4.78 is 0. The third-order valence-corrected chi connectivity index (χ3v) is 3.20. The molecule has 0 radical (unpaired) electrons. The summed E-state index contributed by atoms with van der Waals surface area (Å²) in [5.41, 5.74) is 3.08. The van der Waals surface area contributed by atoms with Crippen LogP contribution < -0.4 is 0 Å². The zero-order valence-corrected chi connectivity index (χ0v) is 10.3. The molecule has 0 unspecified atom stereocenters. The molecule has 0 amide bonds. The van der Waals surface area contributed by atoms with Crippen molar-refractivity contribution >= 4 is 10.9 Å². The van der Waals surface area contributed by atoms with Gasteiger partial charge in [0.05, 0.1) is 11.6 Å². The van der Waals surface area contributed by atoms with Gasteiger partial charge >= 0.3 is 0 Å². The first-order valence-electron chi connectivity index (χ1n) is 5.93. The maximum atomic E-state index is 8.84. The first-order chi connectivity index (χ1) is 8.24. The van der Waals surface area contributed by atoms with Gasteiger partial charge in [0.15, 0.2) is 0 Å². The van der Waals surface area contributed by atoms with Crippen LogP contribution in [0.3, 0.4) is 0 Å². The Labute approximate surface area is 102 Å². The van der Waals surface area contributed by atoms with Gasteiger partial charge in [-0.3, -0.25) is 0 Å². The molecule has 17 heavy (non-hydrogen) atoms. The molecular weight excluding hydrogens is 210 g/mol. The summed E-state index contributed by atoms with van der Waals surface area (Å²) in [6.07, 6.45) is 3.09. The Balaban J connectivity index is 2.22. The molecule has 2 aromatic rings. The molecule has 1 heterocycles. The number of aromatic nitrogens is 1. The molecule has 1 aromatic carbocycles. The largest absolute Gasteiger partial charge is 0.361 e. The summed E-state index contributed by atoms with van der Waals surface area (Å²) in [6.45, 7) is 4.29. The fourth-order valence-electron chi connectivity index (χ4n) is 1.93. The van der Waals surface area contributed by atoms with E-state index in [0.29, 0.717) is 5.56 Å². The van der Waals surface area contributed by atoms with Crippen LogP contribution in [0.15, 0.2) is 24.4 Å². The second kappa shape index (κ2) is 5.03. The summed E-state index contributed by atoms with van der Waals surface area (Å²) in [7, 11) is 2.13. The number of benzene rings is 1. The summed E-state index contributed by atoms with van der Waals surface area (Å²) in [5.74, 6) is 0. The third-order valence-electron chi connectivity index (χ3n) is 3.20. The number of nitriles is 1. The number of aromatic amines is 1. The van der Waals surface area contributed by atoms with E-state index in [2.05, 4.69) is 36.1 Å². The lowest BCUT2D eigenvalue weighted by atomic mass is 10.1. The van der Waals surface area contributed by atoms with E-state index in [-0.39, 0.29) is 0 Å². The van der Waals surface area contributed by atoms with Crippen molar-refractivity contribution in [2.45, 2.75) is 13.3 Å². The fourth-order valence-corrected chi connectivity index (χ4v) is 1.93. The Morgan fingerprint density at radius 3 is 2.94 bits per heavy atom. The first-order valence-corrected chi connectivity index (χ1v) is 5.93. The number of likely N-dealkylation sites (N-methyl/N-ethyl adjacent to an activating group) is 1. The summed E-state index contributed by atoms with van der Waals surface area (Å²) in [5, 5.41) is 10.1. The van der Waals surface area contributed by atoms with Gasteiger partial charge in [0, 0.05) is 23.6 Å². The van der Waals surface area contributed by atoms with Crippen molar-refractivity contribution in [2.75, 3.05) is 20.1 Å². The molecule has 2 rings (SSSR count). The van der Waals surface area contributed by atoms with Crippen molar-refractivity contribution < 1.29 is 0 Å². The van der Waals surface area contributed by atoms with Crippen LogP contribution in [0.1, 0.15) is 18.1 Å². The van der Waals surface area contributed by atoms with Crippen LogP contribution in [0, 0.1) is 11.3 Å². The van der Waals surface area contributed by atoms with E-state index >= 15 is 0 Å². The molecular formula is C14H17N3. The average molecular weight is 227 g/mol. The van der Waals surface area contributed by atoms with E-state index < -0.39 is 0 Å². The molecule has 0 saturated heterocycles.